The van der Waals surface area contributed by atoms with E-state index in [0.29, 0.717) is 25.9 Å². The van der Waals surface area contributed by atoms with E-state index in [1.54, 1.807) is 0 Å². The molecule has 0 aliphatic carbocycles. The zero-order valence-electron chi connectivity index (χ0n) is 35.5. The van der Waals surface area contributed by atoms with Gasteiger partial charge in [-0.2, -0.15) is 0 Å². The van der Waals surface area contributed by atoms with Crippen molar-refractivity contribution in [1.29, 1.82) is 0 Å². The molecule has 4 aromatic carbocycles. The Morgan fingerprint density at radius 2 is 1.32 bits per heavy atom. The maximum atomic E-state index is 12.0. The van der Waals surface area contributed by atoms with Gasteiger partial charge in [-0.15, -0.1) is 0 Å². The van der Waals surface area contributed by atoms with E-state index in [0.717, 1.165) is 29.2 Å². The highest BCUT2D eigenvalue weighted by molar-refractivity contribution is 6.99. The molecule has 3 aliphatic rings. The van der Waals surface area contributed by atoms with Crippen LogP contribution in [0.25, 0.3) is 10.8 Å². The normalized spacial score (nSPS) is 28.3. The van der Waals surface area contributed by atoms with Crippen LogP contribution in [0.1, 0.15) is 80.6 Å². The van der Waals surface area contributed by atoms with Crippen molar-refractivity contribution in [3.05, 3.63) is 103 Å². The highest BCUT2D eigenvalue weighted by atomic mass is 28.4. The third-order valence-corrected chi connectivity index (χ3v) is 22.9. The van der Waals surface area contributed by atoms with Crippen LogP contribution >= 0.6 is 0 Å². The van der Waals surface area contributed by atoms with E-state index in [2.05, 4.69) is 140 Å². The number of aldehydes is 1. The average Bonchev–Trinajstić information content (AvgIpc) is 3.16. The van der Waals surface area contributed by atoms with Crippen molar-refractivity contribution in [3.63, 3.8) is 0 Å². The summed E-state index contributed by atoms with van der Waals surface area (Å²) in [6.45, 7) is 21.3. The Kier molecular flexibility index (Phi) is 12.1. The highest BCUT2D eigenvalue weighted by Gasteiger charge is 2.56. The van der Waals surface area contributed by atoms with Crippen molar-refractivity contribution >= 4 is 44.1 Å². The monoisotopic (exact) mass is 808 g/mol. The fraction of sp³-hybridized carbons (Fsp3) is 0.521. The maximum absolute atomic E-state index is 12.0. The number of hydrogen-bond acceptors (Lipinski definition) is 7. The summed E-state index contributed by atoms with van der Waals surface area (Å²) in [6.07, 6.45) is 2.28. The first-order chi connectivity index (χ1) is 27.0. The van der Waals surface area contributed by atoms with Gasteiger partial charge in [0.15, 0.2) is 8.32 Å². The van der Waals surface area contributed by atoms with Gasteiger partial charge in [0.25, 0.3) is 8.32 Å². The fourth-order valence-electron chi connectivity index (χ4n) is 9.17. The third kappa shape index (κ3) is 8.49. The molecule has 0 aromatic heterocycles. The van der Waals surface area contributed by atoms with Crippen LogP contribution in [-0.2, 0) is 27.9 Å². The van der Waals surface area contributed by atoms with E-state index in [4.69, 9.17) is 27.8 Å². The van der Waals surface area contributed by atoms with Gasteiger partial charge >= 0.3 is 0 Å². The Labute approximate surface area is 343 Å². The first kappa shape index (κ1) is 42.0. The predicted molar refractivity (Wildman–Crippen MR) is 234 cm³/mol. The molecule has 306 valence electrons. The Hall–Kier alpha value is -3.16. The lowest BCUT2D eigenvalue weighted by atomic mass is 9.81. The van der Waals surface area contributed by atoms with E-state index in [1.807, 2.05) is 24.3 Å². The summed E-state index contributed by atoms with van der Waals surface area (Å²) < 4.78 is 42.6. The summed E-state index contributed by atoms with van der Waals surface area (Å²) >= 11 is 0. The zero-order valence-corrected chi connectivity index (χ0v) is 37.5. The summed E-state index contributed by atoms with van der Waals surface area (Å²) in [7, 11) is -4.99. The van der Waals surface area contributed by atoms with Crippen molar-refractivity contribution in [2.45, 2.75) is 152 Å². The van der Waals surface area contributed by atoms with Crippen molar-refractivity contribution in [2.24, 2.45) is 0 Å². The van der Waals surface area contributed by atoms with Crippen molar-refractivity contribution in [1.82, 2.24) is 0 Å². The quantitative estimate of drug-likeness (QED) is 0.104. The molecule has 9 heteroatoms. The topological polar surface area (TPSA) is 72.5 Å². The summed E-state index contributed by atoms with van der Waals surface area (Å²) in [5.74, 6) is 0.796. The second-order valence-corrected chi connectivity index (χ2v) is 28.3. The zero-order chi connectivity index (χ0) is 40.6. The maximum Gasteiger partial charge on any atom is 0.261 e. The summed E-state index contributed by atoms with van der Waals surface area (Å²) in [6, 6.07) is 36.0. The van der Waals surface area contributed by atoms with E-state index in [1.165, 1.54) is 10.4 Å². The van der Waals surface area contributed by atoms with Crippen LogP contribution in [0.5, 0.6) is 5.75 Å². The number of hydrogen-bond donors (Lipinski definition) is 0. The Morgan fingerprint density at radius 3 is 1.95 bits per heavy atom. The first-order valence-corrected chi connectivity index (χ1v) is 25.9. The van der Waals surface area contributed by atoms with Gasteiger partial charge in [0.1, 0.15) is 24.2 Å². The standard InChI is InChI=1S/C48H64O7Si2/c1-46(2,3)56(8,9)55-45-33-43-44(32-42-41(53-43)31-40(39(52-42)27-29-49)51-38-26-18-20-34-19-16-17-25-37(34)38)54-48(45,7)28-30-50-57(47(4,5)6,35-21-12-10-13-22-35)36-23-14-11-15-24-36/h10-26,29,39-45H,27-28,30-33H2,1-9H3/t39-,40+,41-,42+,43+,44-,45-,48+/m0/s1. The van der Waals surface area contributed by atoms with Crippen LogP contribution in [0.3, 0.4) is 0 Å². The molecule has 3 fully saturated rings. The number of fused-ring (bicyclic) bond motifs is 3. The summed E-state index contributed by atoms with van der Waals surface area (Å²) in [4.78, 5) is 12.0. The molecule has 0 bridgehead atoms. The highest BCUT2D eigenvalue weighted by Crippen LogP contribution is 2.47. The molecule has 0 unspecified atom stereocenters. The van der Waals surface area contributed by atoms with Crippen LogP contribution in [-0.4, -0.2) is 77.9 Å². The molecule has 57 heavy (non-hydrogen) atoms. The molecule has 8 atom stereocenters. The SMILES string of the molecule is CC(C)(C)[Si](C)(C)O[C@H]1C[C@H]2O[C@H]3C[C@@H](Oc4cccc5ccccc45)[C@H](CC=O)O[C@@H]3C[C@@H]2O[C@]1(C)CCO[Si](c1ccccc1)(c1ccccc1)C(C)(C)C. The van der Waals surface area contributed by atoms with Crippen molar-refractivity contribution < 1.29 is 32.6 Å². The number of rotatable bonds is 12. The van der Waals surface area contributed by atoms with Gasteiger partial charge in [0.2, 0.25) is 0 Å². The van der Waals surface area contributed by atoms with Gasteiger partial charge < -0.3 is 32.6 Å². The molecule has 7 nitrogen and oxygen atoms in total. The smallest absolute Gasteiger partial charge is 0.261 e. The first-order valence-electron chi connectivity index (χ1n) is 21.0. The van der Waals surface area contributed by atoms with Crippen molar-refractivity contribution in [2.75, 3.05) is 6.61 Å². The lowest BCUT2D eigenvalue weighted by molar-refractivity contribution is -0.297. The van der Waals surface area contributed by atoms with E-state index in [-0.39, 0.29) is 59.2 Å². The van der Waals surface area contributed by atoms with Crippen LogP contribution < -0.4 is 15.1 Å². The lowest BCUT2D eigenvalue weighted by Crippen LogP contribution is -2.67. The average molecular weight is 809 g/mol. The van der Waals surface area contributed by atoms with Crippen LogP contribution in [0.4, 0.5) is 0 Å². The molecule has 3 saturated heterocycles. The van der Waals surface area contributed by atoms with E-state index >= 15 is 0 Å². The largest absolute Gasteiger partial charge is 0.487 e. The number of benzene rings is 4. The van der Waals surface area contributed by atoms with Gasteiger partial charge in [0.05, 0.1) is 36.1 Å². The fourth-order valence-corrected chi connectivity index (χ4v) is 15.1. The van der Waals surface area contributed by atoms with Crippen LogP contribution in [0.15, 0.2) is 103 Å². The van der Waals surface area contributed by atoms with E-state index in [9.17, 15) is 4.79 Å². The number of ether oxygens (including phenoxy) is 4. The Balaban J connectivity index is 1.14. The second kappa shape index (κ2) is 16.5. The van der Waals surface area contributed by atoms with Gasteiger partial charge in [-0.3, -0.25) is 0 Å². The van der Waals surface area contributed by atoms with Gasteiger partial charge in [-0.05, 0) is 51.9 Å². The lowest BCUT2D eigenvalue weighted by Gasteiger charge is -2.56. The molecule has 0 spiro atoms. The van der Waals surface area contributed by atoms with Gasteiger partial charge in [0, 0.05) is 44.1 Å². The molecule has 0 amide bonds. The molecule has 4 aromatic rings. The minimum Gasteiger partial charge on any atom is -0.487 e. The molecule has 0 saturated carbocycles. The molecule has 0 radical (unpaired) electrons. The molecular formula is C48H64O7Si2. The minimum atomic E-state index is -2.76. The van der Waals surface area contributed by atoms with E-state index < -0.39 is 22.2 Å². The molecule has 7 rings (SSSR count). The second-order valence-electron chi connectivity index (χ2n) is 19.3. The summed E-state index contributed by atoms with van der Waals surface area (Å²) in [5.41, 5.74) is -0.630. The van der Waals surface area contributed by atoms with Crippen LogP contribution in [0, 0.1) is 0 Å². The number of carbonyl (C=O) groups is 1. The van der Waals surface area contributed by atoms with Gasteiger partial charge in [-0.25, -0.2) is 0 Å². The minimum absolute atomic E-state index is 0.0195. The number of carbonyl (C=O) groups excluding carboxylic acids is 1. The van der Waals surface area contributed by atoms with Gasteiger partial charge in [-0.1, -0.05) is 139 Å². The van der Waals surface area contributed by atoms with Crippen molar-refractivity contribution in [3.8, 4) is 5.75 Å². The predicted octanol–water partition coefficient (Wildman–Crippen LogP) is 9.40. The summed E-state index contributed by atoms with van der Waals surface area (Å²) in [5, 5.41) is 4.57. The Morgan fingerprint density at radius 1 is 0.719 bits per heavy atom. The molecule has 3 aliphatic heterocycles. The molecule has 3 heterocycles. The molecule has 0 N–H and O–H groups in total. The van der Waals surface area contributed by atoms with Crippen LogP contribution in [0.2, 0.25) is 23.2 Å². The Bertz CT molecular complexity index is 1910. The molecular weight excluding hydrogens is 745 g/mol. The third-order valence-electron chi connectivity index (χ3n) is 13.4.